The van der Waals surface area contributed by atoms with Crippen LogP contribution in [0.4, 0.5) is 0 Å². The van der Waals surface area contributed by atoms with Crippen LogP contribution in [0.5, 0.6) is 0 Å². The topological polar surface area (TPSA) is 0 Å². The van der Waals surface area contributed by atoms with Gasteiger partial charge in [-0.05, 0) is 22.3 Å². The Labute approximate surface area is 214 Å². The first kappa shape index (κ1) is 25.6. The Balaban J connectivity index is 2.59. The summed E-state index contributed by atoms with van der Waals surface area (Å²) in [6.45, 7) is 0. The Kier molecular flexibility index (Phi) is 7.18. The highest BCUT2D eigenvalue weighted by molar-refractivity contribution is 9.10. The first-order valence-electron chi connectivity index (χ1n) is 11.7. The van der Waals surface area contributed by atoms with Crippen LogP contribution < -0.4 is 71.0 Å². The second-order valence-corrected chi connectivity index (χ2v) is 10.7. The third-order valence-corrected chi connectivity index (χ3v) is 9.85. The zero-order valence-corrected chi connectivity index (χ0v) is 24.0. The summed E-state index contributed by atoms with van der Waals surface area (Å²) in [6.07, 6.45) is 0. The minimum Gasteiger partial charge on any atom is -0.102 e. The van der Waals surface area contributed by atoms with E-state index in [9.17, 15) is 0 Å². The van der Waals surface area contributed by atoms with Crippen molar-refractivity contribution < 1.29 is 0 Å². The van der Waals surface area contributed by atoms with E-state index in [0.717, 1.165) is 0 Å². The van der Waals surface area contributed by atoms with Gasteiger partial charge in [0.2, 0.25) is 0 Å². The largest absolute Gasteiger partial charge is 0.141 e. The molecule has 0 bridgehead atoms. The zero-order chi connectivity index (χ0) is 24.4. The average Bonchev–Trinajstić information content (AvgIpc) is 2.76. The standard InChI is InChI=1S/C18H26B13Br/c19-5-1(3-6(20)12(26)16(30)13(27)7(3)21)10(24)18(32)11(25)2(5)4-8(22)14(28)17(31)15(29)9(4)23/h19-31H2. The highest BCUT2D eigenvalue weighted by atomic mass is 79.9. The number of benzene rings is 3. The van der Waals surface area contributed by atoms with Gasteiger partial charge in [-0.15, -0.1) is 32.8 Å². The molecule has 3 aromatic carbocycles. The Morgan fingerprint density at radius 3 is 0.688 bits per heavy atom. The molecule has 0 aliphatic carbocycles. The second kappa shape index (κ2) is 8.97. The molecule has 0 aromatic heterocycles. The summed E-state index contributed by atoms with van der Waals surface area (Å²) in [5, 5.41) is 0. The number of halogens is 1. The van der Waals surface area contributed by atoms with Crippen LogP contribution in [0, 0.1) is 0 Å². The number of rotatable bonds is 2. The van der Waals surface area contributed by atoms with Crippen LogP contribution in [0.25, 0.3) is 22.3 Å². The van der Waals surface area contributed by atoms with Crippen LogP contribution in [0.15, 0.2) is 4.47 Å². The maximum Gasteiger partial charge on any atom is 0.141 e. The second-order valence-electron chi connectivity index (χ2n) is 9.94. The SMILES string of the molecule is Bc1c(B)c(B)c(-c2c(B)c(Br)c(B)c(-c3c(B)c(B)c(B)c(B)c3B)c2B)c(B)c1B. The molecule has 32 heavy (non-hydrogen) atoms. The van der Waals surface area contributed by atoms with Crippen molar-refractivity contribution in [1.29, 1.82) is 0 Å². The van der Waals surface area contributed by atoms with E-state index in [0.29, 0.717) is 0 Å². The lowest BCUT2D eigenvalue weighted by Crippen LogP contribution is -2.57. The van der Waals surface area contributed by atoms with Gasteiger partial charge in [0, 0.05) is 4.47 Å². The van der Waals surface area contributed by atoms with Crippen LogP contribution in [0.1, 0.15) is 0 Å². The molecule has 0 N–H and O–H groups in total. The molecular formula is C18H26B13Br. The summed E-state index contributed by atoms with van der Waals surface area (Å²) in [4.78, 5) is 0. The lowest BCUT2D eigenvalue weighted by molar-refractivity contribution is 1.77. The van der Waals surface area contributed by atoms with Gasteiger partial charge in [0.15, 0.2) is 0 Å². The van der Waals surface area contributed by atoms with Crippen molar-refractivity contribution in [3.63, 3.8) is 0 Å². The molecule has 3 rings (SSSR count). The molecule has 0 saturated heterocycles. The summed E-state index contributed by atoms with van der Waals surface area (Å²) in [5.41, 5.74) is 23.8. The minimum absolute atomic E-state index is 1.23. The van der Waals surface area contributed by atoms with E-state index in [4.69, 9.17) is 0 Å². The summed E-state index contributed by atoms with van der Waals surface area (Å²) in [6, 6.07) is 0. The Morgan fingerprint density at radius 1 is 0.250 bits per heavy atom. The van der Waals surface area contributed by atoms with E-state index >= 15 is 0 Å². The molecule has 14 heteroatoms. The van der Waals surface area contributed by atoms with Crippen molar-refractivity contribution in [3.05, 3.63) is 4.47 Å². The molecule has 0 radical (unpaired) electrons. The molecule has 0 aliphatic heterocycles. The molecular weight excluding hydrogens is 437 g/mol. The molecule has 0 fully saturated rings. The smallest absolute Gasteiger partial charge is 0.102 e. The fourth-order valence-corrected chi connectivity index (χ4v) is 6.08. The molecule has 0 atom stereocenters. The van der Waals surface area contributed by atoms with Crippen LogP contribution in [-0.2, 0) is 0 Å². The van der Waals surface area contributed by atoms with Crippen molar-refractivity contribution in [2.45, 2.75) is 0 Å². The van der Waals surface area contributed by atoms with Gasteiger partial charge >= 0.3 is 0 Å². The van der Waals surface area contributed by atoms with Crippen molar-refractivity contribution in [2.24, 2.45) is 0 Å². The number of hydrogen-bond donors (Lipinski definition) is 0. The van der Waals surface area contributed by atoms with Crippen LogP contribution in [0.3, 0.4) is 0 Å². The molecule has 0 heterocycles. The fraction of sp³-hybridized carbons (Fsp3) is 0. The van der Waals surface area contributed by atoms with Gasteiger partial charge in [-0.3, -0.25) is 0 Å². The first-order chi connectivity index (χ1) is 14.7. The van der Waals surface area contributed by atoms with Gasteiger partial charge in [-0.2, -0.15) is 0 Å². The lowest BCUT2D eigenvalue weighted by atomic mass is 9.56. The van der Waals surface area contributed by atoms with Gasteiger partial charge in [0.25, 0.3) is 0 Å². The van der Waals surface area contributed by atoms with E-state index < -0.39 is 0 Å². The molecule has 0 saturated carbocycles. The molecule has 0 unspecified atom stereocenters. The predicted molar refractivity (Wildman–Crippen MR) is 191 cm³/mol. The third-order valence-electron chi connectivity index (χ3n) is 8.66. The van der Waals surface area contributed by atoms with Crippen molar-refractivity contribution >= 4 is 189 Å². The highest BCUT2D eigenvalue weighted by Crippen LogP contribution is 2.20. The summed E-state index contributed by atoms with van der Waals surface area (Å²) >= 11 is 4.01. The zero-order valence-electron chi connectivity index (χ0n) is 22.4. The molecule has 0 aliphatic rings. The first-order valence-corrected chi connectivity index (χ1v) is 12.5. The van der Waals surface area contributed by atoms with E-state index in [1.807, 2.05) is 0 Å². The van der Waals surface area contributed by atoms with Crippen LogP contribution in [-0.4, -0.2) is 102 Å². The molecule has 0 amide bonds. The molecule has 3 aromatic rings. The van der Waals surface area contributed by atoms with E-state index in [1.54, 1.807) is 0 Å². The van der Waals surface area contributed by atoms with Crippen molar-refractivity contribution in [1.82, 2.24) is 0 Å². The lowest BCUT2D eigenvalue weighted by Gasteiger charge is -2.29. The summed E-state index contributed by atoms with van der Waals surface area (Å²) < 4.78 is 1.23. The van der Waals surface area contributed by atoms with Crippen molar-refractivity contribution in [3.8, 4) is 22.3 Å². The maximum atomic E-state index is 4.01. The monoisotopic (exact) mass is 464 g/mol. The average molecular weight is 463 g/mol. The fourth-order valence-electron chi connectivity index (χ4n) is 5.69. The Hall–Kier alpha value is -1.02. The van der Waals surface area contributed by atoms with E-state index in [-0.39, 0.29) is 0 Å². The summed E-state index contributed by atoms with van der Waals surface area (Å²) in [5.74, 6) is 0. The molecule has 0 spiro atoms. The normalized spacial score (nSPS) is 11.0. The van der Waals surface area contributed by atoms with E-state index in [2.05, 4.69) is 118 Å². The van der Waals surface area contributed by atoms with Gasteiger partial charge in [0.1, 0.15) is 102 Å². The maximum absolute atomic E-state index is 4.01. The number of hydrogen-bond acceptors (Lipinski definition) is 0. The Morgan fingerprint density at radius 2 is 0.438 bits per heavy atom. The van der Waals surface area contributed by atoms with Gasteiger partial charge in [0.05, 0.1) is 0 Å². The third kappa shape index (κ3) is 3.64. The quantitative estimate of drug-likeness (QED) is 0.332. The van der Waals surface area contributed by atoms with E-state index in [1.165, 1.54) is 97.7 Å². The molecule has 144 valence electrons. The van der Waals surface area contributed by atoms with Gasteiger partial charge < -0.3 is 0 Å². The Bertz CT molecular complexity index is 1160. The molecule has 0 nitrogen and oxygen atoms in total. The van der Waals surface area contributed by atoms with Gasteiger partial charge in [-0.1, -0.05) is 54.2 Å². The highest BCUT2D eigenvalue weighted by Gasteiger charge is 2.24. The summed E-state index contributed by atoms with van der Waals surface area (Å²) in [7, 11) is 29.7. The van der Waals surface area contributed by atoms with Crippen molar-refractivity contribution in [2.75, 3.05) is 0 Å². The van der Waals surface area contributed by atoms with Gasteiger partial charge in [-0.25, -0.2) is 0 Å². The minimum atomic E-state index is 1.23. The van der Waals surface area contributed by atoms with Crippen LogP contribution >= 0.6 is 15.9 Å². The predicted octanol–water partition coefficient (Wildman–Crippen LogP) is -16.9. The van der Waals surface area contributed by atoms with Crippen LogP contribution in [0.2, 0.25) is 0 Å².